The highest BCUT2D eigenvalue weighted by atomic mass is 15.2. The molecule has 1 heterocycles. The molecule has 2 rings (SSSR count). The second-order valence-electron chi connectivity index (χ2n) is 5.32. The molecule has 0 bridgehead atoms. The third-order valence-electron chi connectivity index (χ3n) is 3.76. The topological polar surface area (TPSA) is 39.1 Å². The van der Waals surface area contributed by atoms with Crippen molar-refractivity contribution >= 4 is 0 Å². The smallest absolute Gasteiger partial charge is 0.0952 e. The minimum absolute atomic E-state index is 0.00155. The second kappa shape index (κ2) is 7.28. The summed E-state index contributed by atoms with van der Waals surface area (Å²) in [6.45, 7) is 5.29. The van der Waals surface area contributed by atoms with Crippen molar-refractivity contribution in [3.8, 4) is 6.07 Å². The number of nitrogens with zero attached hydrogens (tertiary/aromatic N) is 2. The van der Waals surface area contributed by atoms with Crippen LogP contribution in [-0.2, 0) is 6.54 Å². The fraction of sp³-hybridized carbons (Fsp3) is 0.562. The van der Waals surface area contributed by atoms with Crippen molar-refractivity contribution in [2.45, 2.75) is 44.8 Å². The molecule has 1 aliphatic heterocycles. The van der Waals surface area contributed by atoms with Crippen molar-refractivity contribution in [3.05, 3.63) is 35.9 Å². The average Bonchev–Trinajstić information content (AvgIpc) is 2.46. The fourth-order valence-corrected chi connectivity index (χ4v) is 2.71. The van der Waals surface area contributed by atoms with Crippen LogP contribution < -0.4 is 5.32 Å². The molecule has 2 atom stereocenters. The summed E-state index contributed by atoms with van der Waals surface area (Å²) in [6, 6.07) is 13.4. The van der Waals surface area contributed by atoms with Crippen molar-refractivity contribution in [2.75, 3.05) is 13.1 Å². The monoisotopic (exact) mass is 257 g/mol. The molecule has 0 aliphatic carbocycles. The highest BCUT2D eigenvalue weighted by Crippen LogP contribution is 2.14. The van der Waals surface area contributed by atoms with Crippen LogP contribution in [0.15, 0.2) is 30.3 Å². The number of nitriles is 1. The van der Waals surface area contributed by atoms with Gasteiger partial charge in [0, 0.05) is 19.1 Å². The maximum Gasteiger partial charge on any atom is 0.0952 e. The molecule has 1 saturated heterocycles. The molecule has 3 nitrogen and oxygen atoms in total. The predicted molar refractivity (Wildman–Crippen MR) is 77.6 cm³/mol. The van der Waals surface area contributed by atoms with Crippen LogP contribution in [0.1, 0.15) is 31.7 Å². The molecule has 0 saturated carbocycles. The van der Waals surface area contributed by atoms with Crippen molar-refractivity contribution in [3.63, 3.8) is 0 Å². The number of rotatable bonds is 5. The minimum atomic E-state index is 0.00155. The maximum absolute atomic E-state index is 9.03. The Morgan fingerprint density at radius 3 is 2.89 bits per heavy atom. The second-order valence-corrected chi connectivity index (χ2v) is 5.32. The zero-order valence-electron chi connectivity index (χ0n) is 11.7. The summed E-state index contributed by atoms with van der Waals surface area (Å²) in [5, 5.41) is 12.5. The van der Waals surface area contributed by atoms with Gasteiger partial charge in [0.1, 0.15) is 0 Å². The van der Waals surface area contributed by atoms with Gasteiger partial charge in [-0.2, -0.15) is 5.26 Å². The normalized spacial score (nSPS) is 21.8. The van der Waals surface area contributed by atoms with Crippen LogP contribution in [0.2, 0.25) is 0 Å². The Labute approximate surface area is 116 Å². The number of hydrogen-bond donors (Lipinski definition) is 1. The molecule has 0 spiro atoms. The summed E-state index contributed by atoms with van der Waals surface area (Å²) in [5.74, 6) is 0. The van der Waals surface area contributed by atoms with Gasteiger partial charge in [-0.1, -0.05) is 37.3 Å². The Balaban J connectivity index is 1.85. The molecule has 0 radical (unpaired) electrons. The van der Waals surface area contributed by atoms with Gasteiger partial charge in [0.15, 0.2) is 0 Å². The Morgan fingerprint density at radius 1 is 1.42 bits per heavy atom. The van der Waals surface area contributed by atoms with Crippen molar-refractivity contribution in [2.24, 2.45) is 0 Å². The van der Waals surface area contributed by atoms with Gasteiger partial charge in [-0.25, -0.2) is 0 Å². The van der Waals surface area contributed by atoms with E-state index in [1.54, 1.807) is 0 Å². The summed E-state index contributed by atoms with van der Waals surface area (Å²) < 4.78 is 0. The number of nitrogens with one attached hydrogen (secondary N) is 1. The molecule has 0 amide bonds. The first-order chi connectivity index (χ1) is 9.31. The minimum Gasteiger partial charge on any atom is -0.298 e. The maximum atomic E-state index is 9.03. The van der Waals surface area contributed by atoms with Gasteiger partial charge in [0.05, 0.1) is 12.1 Å². The lowest BCUT2D eigenvalue weighted by atomic mass is 10.0. The molecule has 3 heteroatoms. The van der Waals surface area contributed by atoms with Crippen LogP contribution in [0.4, 0.5) is 0 Å². The van der Waals surface area contributed by atoms with E-state index in [4.69, 9.17) is 5.26 Å². The Hall–Kier alpha value is -1.37. The molecule has 1 aliphatic rings. The molecule has 1 N–H and O–H groups in total. The van der Waals surface area contributed by atoms with Crippen LogP contribution in [0.5, 0.6) is 0 Å². The highest BCUT2D eigenvalue weighted by Gasteiger charge is 2.21. The largest absolute Gasteiger partial charge is 0.298 e. The van der Waals surface area contributed by atoms with Crippen LogP contribution in [0.25, 0.3) is 0 Å². The lowest BCUT2D eigenvalue weighted by Gasteiger charge is -2.34. The predicted octanol–water partition coefficient (Wildman–Crippen LogP) is 2.54. The van der Waals surface area contributed by atoms with Gasteiger partial charge < -0.3 is 0 Å². The third kappa shape index (κ3) is 4.34. The summed E-state index contributed by atoms with van der Waals surface area (Å²) in [6.07, 6.45) is 3.28. The lowest BCUT2D eigenvalue weighted by molar-refractivity contribution is 0.179. The third-order valence-corrected chi connectivity index (χ3v) is 3.76. The lowest BCUT2D eigenvalue weighted by Crippen LogP contribution is -2.48. The SMILES string of the molecule is CCC(C#N)NC1CCCN(Cc2ccccc2)C1. The zero-order valence-corrected chi connectivity index (χ0v) is 11.7. The van der Waals surface area contributed by atoms with Crippen LogP contribution in [0, 0.1) is 11.3 Å². The van der Waals surface area contributed by atoms with E-state index in [1.165, 1.54) is 18.4 Å². The first-order valence-corrected chi connectivity index (χ1v) is 7.23. The highest BCUT2D eigenvalue weighted by molar-refractivity contribution is 5.14. The first kappa shape index (κ1) is 14.0. The van der Waals surface area contributed by atoms with Gasteiger partial charge in [0.25, 0.3) is 0 Å². The Morgan fingerprint density at radius 2 is 2.21 bits per heavy atom. The number of benzene rings is 1. The standard InChI is InChI=1S/C16H23N3/c1-2-15(11-17)18-16-9-6-10-19(13-16)12-14-7-4-3-5-8-14/h3-5,7-8,15-16,18H,2,6,9-10,12-13H2,1H3. The van der Waals surface area contributed by atoms with Gasteiger partial charge in [0.2, 0.25) is 0 Å². The quantitative estimate of drug-likeness (QED) is 0.881. The number of piperidine rings is 1. The van der Waals surface area contributed by atoms with Gasteiger partial charge in [-0.3, -0.25) is 10.2 Å². The van der Waals surface area contributed by atoms with E-state index in [0.29, 0.717) is 6.04 Å². The average molecular weight is 257 g/mol. The molecular formula is C16H23N3. The van der Waals surface area contributed by atoms with Gasteiger partial charge in [-0.15, -0.1) is 0 Å². The fourth-order valence-electron chi connectivity index (χ4n) is 2.71. The molecule has 1 aromatic rings. The molecule has 0 aromatic heterocycles. The van der Waals surface area contributed by atoms with Gasteiger partial charge >= 0.3 is 0 Å². The van der Waals surface area contributed by atoms with E-state index in [9.17, 15) is 0 Å². The summed E-state index contributed by atoms with van der Waals surface area (Å²) in [4.78, 5) is 2.49. The van der Waals surface area contributed by atoms with E-state index in [0.717, 1.165) is 26.1 Å². The van der Waals surface area contributed by atoms with E-state index >= 15 is 0 Å². The number of hydrogen-bond acceptors (Lipinski definition) is 3. The molecular weight excluding hydrogens is 234 g/mol. The molecule has 102 valence electrons. The van der Waals surface area contributed by atoms with Crippen molar-refractivity contribution in [1.29, 1.82) is 5.26 Å². The Kier molecular flexibility index (Phi) is 5.38. The van der Waals surface area contributed by atoms with Gasteiger partial charge in [-0.05, 0) is 31.4 Å². The number of likely N-dealkylation sites (tertiary alicyclic amines) is 1. The van der Waals surface area contributed by atoms with Crippen molar-refractivity contribution in [1.82, 2.24) is 10.2 Å². The molecule has 2 unspecified atom stereocenters. The summed E-state index contributed by atoms with van der Waals surface area (Å²) in [5.41, 5.74) is 1.37. The zero-order chi connectivity index (χ0) is 13.5. The van der Waals surface area contributed by atoms with E-state index < -0.39 is 0 Å². The van der Waals surface area contributed by atoms with E-state index in [1.807, 2.05) is 0 Å². The molecule has 19 heavy (non-hydrogen) atoms. The van der Waals surface area contributed by atoms with Crippen LogP contribution in [0.3, 0.4) is 0 Å². The van der Waals surface area contributed by atoms with Crippen LogP contribution >= 0.6 is 0 Å². The molecule has 1 fully saturated rings. The summed E-state index contributed by atoms with van der Waals surface area (Å²) in [7, 11) is 0. The van der Waals surface area contributed by atoms with Crippen LogP contribution in [-0.4, -0.2) is 30.1 Å². The molecule has 1 aromatic carbocycles. The summed E-state index contributed by atoms with van der Waals surface area (Å²) >= 11 is 0. The van der Waals surface area contributed by atoms with Crippen molar-refractivity contribution < 1.29 is 0 Å². The first-order valence-electron chi connectivity index (χ1n) is 7.23. The van der Waals surface area contributed by atoms with E-state index in [2.05, 4.69) is 53.5 Å². The Bertz CT molecular complexity index is 410. The van der Waals surface area contributed by atoms with E-state index in [-0.39, 0.29) is 6.04 Å².